The molecule has 3 atom stereocenters. The Kier molecular flexibility index (Phi) is 5.10. The first-order chi connectivity index (χ1) is 10.0. The summed E-state index contributed by atoms with van der Waals surface area (Å²) in [6, 6.07) is 5.59. The van der Waals surface area contributed by atoms with Crippen LogP contribution in [-0.2, 0) is 0 Å². The summed E-state index contributed by atoms with van der Waals surface area (Å²) in [6.45, 7) is 6.35. The van der Waals surface area contributed by atoms with Gasteiger partial charge < -0.3 is 14.7 Å². The molecule has 1 aromatic rings. The highest BCUT2D eigenvalue weighted by Crippen LogP contribution is 2.34. The molecule has 1 fully saturated rings. The Bertz CT molecular complexity index is 513. The summed E-state index contributed by atoms with van der Waals surface area (Å²) in [4.78, 5) is 0. The fraction of sp³-hybridized carbons (Fsp3) is 0.588. The topological polar surface area (TPSA) is 51.0 Å². The van der Waals surface area contributed by atoms with Crippen molar-refractivity contribution in [3.8, 4) is 11.5 Å². The quantitative estimate of drug-likeness (QED) is 0.516. The SMILES string of the molecule is COc1ccc(/C(C)=N/O)c(OC2CCC(C)C(C)C2)c1. The number of rotatable bonds is 4. The molecule has 1 aromatic carbocycles. The normalized spacial score (nSPS) is 26.5. The van der Waals surface area contributed by atoms with Gasteiger partial charge in [-0.3, -0.25) is 0 Å². The minimum Gasteiger partial charge on any atom is -0.497 e. The molecule has 0 radical (unpaired) electrons. The van der Waals surface area contributed by atoms with Crippen molar-refractivity contribution in [2.75, 3.05) is 7.11 Å². The Labute approximate surface area is 126 Å². The van der Waals surface area contributed by atoms with E-state index < -0.39 is 0 Å². The third-order valence-electron chi connectivity index (χ3n) is 4.57. The zero-order valence-electron chi connectivity index (χ0n) is 13.3. The minimum absolute atomic E-state index is 0.216. The van der Waals surface area contributed by atoms with Crippen LogP contribution in [-0.4, -0.2) is 24.1 Å². The van der Waals surface area contributed by atoms with Gasteiger partial charge >= 0.3 is 0 Å². The van der Waals surface area contributed by atoms with Gasteiger partial charge in [0.1, 0.15) is 11.5 Å². The van der Waals surface area contributed by atoms with E-state index in [0.717, 1.165) is 35.8 Å². The number of ether oxygens (including phenoxy) is 2. The van der Waals surface area contributed by atoms with E-state index in [1.807, 2.05) is 18.2 Å². The lowest BCUT2D eigenvalue weighted by Crippen LogP contribution is -2.29. The number of methoxy groups -OCH3 is 1. The highest BCUT2D eigenvalue weighted by Gasteiger charge is 2.26. The van der Waals surface area contributed by atoms with Gasteiger partial charge in [-0.25, -0.2) is 0 Å². The second kappa shape index (κ2) is 6.83. The second-order valence-corrected chi connectivity index (χ2v) is 6.05. The van der Waals surface area contributed by atoms with Crippen molar-refractivity contribution in [2.24, 2.45) is 17.0 Å². The number of benzene rings is 1. The van der Waals surface area contributed by atoms with E-state index in [4.69, 9.17) is 14.7 Å². The van der Waals surface area contributed by atoms with E-state index in [0.29, 0.717) is 11.6 Å². The Morgan fingerprint density at radius 2 is 2.00 bits per heavy atom. The van der Waals surface area contributed by atoms with Gasteiger partial charge in [0, 0.05) is 11.6 Å². The van der Waals surface area contributed by atoms with Gasteiger partial charge in [0.05, 0.1) is 18.9 Å². The monoisotopic (exact) mass is 291 g/mol. The van der Waals surface area contributed by atoms with Crippen LogP contribution in [0.5, 0.6) is 11.5 Å². The van der Waals surface area contributed by atoms with Crippen LogP contribution in [0.1, 0.15) is 45.6 Å². The molecule has 1 saturated carbocycles. The lowest BCUT2D eigenvalue weighted by Gasteiger charge is -2.32. The van der Waals surface area contributed by atoms with Crippen LogP contribution >= 0.6 is 0 Å². The summed E-state index contributed by atoms with van der Waals surface area (Å²) in [6.07, 6.45) is 3.54. The molecule has 0 aliphatic heterocycles. The Morgan fingerprint density at radius 1 is 1.24 bits per heavy atom. The maximum Gasteiger partial charge on any atom is 0.132 e. The summed E-state index contributed by atoms with van der Waals surface area (Å²) in [5.74, 6) is 2.91. The molecule has 2 rings (SSSR count). The molecule has 116 valence electrons. The second-order valence-electron chi connectivity index (χ2n) is 6.05. The Balaban J connectivity index is 2.21. The van der Waals surface area contributed by atoms with Crippen molar-refractivity contribution in [1.29, 1.82) is 0 Å². The predicted molar refractivity (Wildman–Crippen MR) is 83.6 cm³/mol. The third-order valence-corrected chi connectivity index (χ3v) is 4.57. The molecule has 0 saturated heterocycles. The molecule has 0 aromatic heterocycles. The molecule has 0 bridgehead atoms. The van der Waals surface area contributed by atoms with Gasteiger partial charge in [0.15, 0.2) is 0 Å². The molecule has 1 aliphatic carbocycles. The zero-order valence-corrected chi connectivity index (χ0v) is 13.3. The van der Waals surface area contributed by atoms with Crippen molar-refractivity contribution < 1.29 is 14.7 Å². The molecule has 4 nitrogen and oxygen atoms in total. The van der Waals surface area contributed by atoms with Crippen LogP contribution in [0.25, 0.3) is 0 Å². The minimum atomic E-state index is 0.216. The average Bonchev–Trinajstić information content (AvgIpc) is 2.50. The highest BCUT2D eigenvalue weighted by molar-refractivity contribution is 6.00. The zero-order chi connectivity index (χ0) is 15.4. The van der Waals surface area contributed by atoms with Crippen molar-refractivity contribution in [2.45, 2.75) is 46.1 Å². The smallest absolute Gasteiger partial charge is 0.132 e. The number of hydrogen-bond acceptors (Lipinski definition) is 4. The van der Waals surface area contributed by atoms with E-state index >= 15 is 0 Å². The van der Waals surface area contributed by atoms with Crippen LogP contribution in [0.3, 0.4) is 0 Å². The Hall–Kier alpha value is -1.71. The summed E-state index contributed by atoms with van der Waals surface area (Å²) in [5.41, 5.74) is 1.36. The predicted octanol–water partition coefficient (Wildman–Crippen LogP) is 4.10. The number of oxime groups is 1. The van der Waals surface area contributed by atoms with Crippen molar-refractivity contribution in [3.63, 3.8) is 0 Å². The highest BCUT2D eigenvalue weighted by atomic mass is 16.5. The summed E-state index contributed by atoms with van der Waals surface area (Å²) in [7, 11) is 1.64. The van der Waals surface area contributed by atoms with Gasteiger partial charge in [-0.05, 0) is 50.2 Å². The molecule has 0 amide bonds. The summed E-state index contributed by atoms with van der Waals surface area (Å²) >= 11 is 0. The van der Waals surface area contributed by atoms with Crippen molar-refractivity contribution >= 4 is 5.71 Å². The first kappa shape index (κ1) is 15.7. The van der Waals surface area contributed by atoms with E-state index in [9.17, 15) is 0 Å². The first-order valence-electron chi connectivity index (χ1n) is 7.58. The molecule has 0 spiro atoms. The molecule has 21 heavy (non-hydrogen) atoms. The molecular formula is C17H25NO3. The van der Waals surface area contributed by atoms with Gasteiger partial charge in [-0.2, -0.15) is 0 Å². The lowest BCUT2D eigenvalue weighted by molar-refractivity contribution is 0.100. The fourth-order valence-electron chi connectivity index (χ4n) is 2.86. The first-order valence-corrected chi connectivity index (χ1v) is 7.58. The fourth-order valence-corrected chi connectivity index (χ4v) is 2.86. The van der Waals surface area contributed by atoms with Crippen LogP contribution in [0, 0.1) is 11.8 Å². The molecule has 4 heteroatoms. The lowest BCUT2D eigenvalue weighted by atomic mass is 9.80. The van der Waals surface area contributed by atoms with E-state index in [-0.39, 0.29) is 6.10 Å². The number of hydrogen-bond donors (Lipinski definition) is 1. The average molecular weight is 291 g/mol. The van der Waals surface area contributed by atoms with Gasteiger partial charge in [-0.15, -0.1) is 0 Å². The van der Waals surface area contributed by atoms with Crippen LogP contribution < -0.4 is 9.47 Å². The molecule has 0 heterocycles. The molecule has 3 unspecified atom stereocenters. The maximum atomic E-state index is 9.02. The third kappa shape index (κ3) is 3.69. The molecule has 1 aliphatic rings. The summed E-state index contributed by atoms with van der Waals surface area (Å²) < 4.78 is 11.5. The van der Waals surface area contributed by atoms with Gasteiger partial charge in [0.2, 0.25) is 0 Å². The van der Waals surface area contributed by atoms with Gasteiger partial charge in [-0.1, -0.05) is 19.0 Å². The van der Waals surface area contributed by atoms with Crippen molar-refractivity contribution in [3.05, 3.63) is 23.8 Å². The Morgan fingerprint density at radius 3 is 2.62 bits per heavy atom. The molecular weight excluding hydrogens is 266 g/mol. The van der Waals surface area contributed by atoms with E-state index in [1.165, 1.54) is 6.42 Å². The van der Waals surface area contributed by atoms with Crippen LogP contribution in [0.2, 0.25) is 0 Å². The van der Waals surface area contributed by atoms with Crippen LogP contribution in [0.4, 0.5) is 0 Å². The van der Waals surface area contributed by atoms with Gasteiger partial charge in [0.25, 0.3) is 0 Å². The summed E-state index contributed by atoms with van der Waals surface area (Å²) in [5, 5.41) is 12.3. The van der Waals surface area contributed by atoms with E-state index in [1.54, 1.807) is 14.0 Å². The maximum absolute atomic E-state index is 9.02. The molecule has 1 N–H and O–H groups in total. The van der Waals surface area contributed by atoms with E-state index in [2.05, 4.69) is 19.0 Å². The largest absolute Gasteiger partial charge is 0.497 e. The number of nitrogens with zero attached hydrogens (tertiary/aromatic N) is 1. The standard InChI is InChI=1S/C17H25NO3/c1-11-5-6-15(9-12(11)2)21-17-10-14(20-4)7-8-16(17)13(3)18-19/h7-8,10-12,15,19H,5-6,9H2,1-4H3/b18-13+. The van der Waals surface area contributed by atoms with Crippen LogP contribution in [0.15, 0.2) is 23.4 Å². The van der Waals surface area contributed by atoms with Crippen molar-refractivity contribution in [1.82, 2.24) is 0 Å².